The Morgan fingerprint density at radius 2 is 1.76 bits per heavy atom. The van der Waals surface area contributed by atoms with Gasteiger partial charge in [-0.15, -0.1) is 0 Å². The molecule has 1 unspecified atom stereocenters. The minimum Gasteiger partial charge on any atom is -0.497 e. The number of carbonyl (C=O) groups is 1. The molecule has 1 heterocycles. The highest BCUT2D eigenvalue weighted by molar-refractivity contribution is 5.70. The SMILES string of the molecule is COc1cccc(C(c2cccc(C)c2)N2CCC(C(=O)O)CC2)c1. The molecule has 1 fully saturated rings. The highest BCUT2D eigenvalue weighted by atomic mass is 16.5. The summed E-state index contributed by atoms with van der Waals surface area (Å²) < 4.78 is 5.40. The third-order valence-corrected chi connectivity index (χ3v) is 5.01. The van der Waals surface area contributed by atoms with Gasteiger partial charge >= 0.3 is 5.97 Å². The Morgan fingerprint density at radius 3 is 2.36 bits per heavy atom. The molecular weight excluding hydrogens is 314 g/mol. The lowest BCUT2D eigenvalue weighted by atomic mass is 9.91. The maximum Gasteiger partial charge on any atom is 0.306 e. The Balaban J connectivity index is 1.93. The number of hydrogen-bond acceptors (Lipinski definition) is 3. The first kappa shape index (κ1) is 17.5. The van der Waals surface area contributed by atoms with Crippen LogP contribution in [0.3, 0.4) is 0 Å². The molecule has 0 aromatic heterocycles. The summed E-state index contributed by atoms with van der Waals surface area (Å²) in [6.07, 6.45) is 1.39. The predicted molar refractivity (Wildman–Crippen MR) is 97.9 cm³/mol. The van der Waals surface area contributed by atoms with Crippen LogP contribution in [0.15, 0.2) is 48.5 Å². The van der Waals surface area contributed by atoms with Gasteiger partial charge in [-0.2, -0.15) is 0 Å². The van der Waals surface area contributed by atoms with Crippen LogP contribution >= 0.6 is 0 Å². The molecule has 4 nitrogen and oxygen atoms in total. The largest absolute Gasteiger partial charge is 0.497 e. The lowest BCUT2D eigenvalue weighted by molar-refractivity contribution is -0.143. The number of carboxylic acids is 1. The van der Waals surface area contributed by atoms with Gasteiger partial charge in [-0.05, 0) is 56.1 Å². The summed E-state index contributed by atoms with van der Waals surface area (Å²) >= 11 is 0. The quantitative estimate of drug-likeness (QED) is 0.898. The minimum absolute atomic E-state index is 0.116. The van der Waals surface area contributed by atoms with E-state index in [1.807, 2.05) is 12.1 Å². The average molecular weight is 339 g/mol. The first-order valence-electron chi connectivity index (χ1n) is 8.76. The van der Waals surface area contributed by atoms with Crippen LogP contribution in [-0.4, -0.2) is 36.2 Å². The third-order valence-electron chi connectivity index (χ3n) is 5.01. The standard InChI is InChI=1S/C21H25NO3/c1-15-5-3-6-17(13-15)20(18-7-4-8-19(14-18)25-2)22-11-9-16(10-12-22)21(23)24/h3-8,13-14,16,20H,9-12H2,1-2H3,(H,23,24). The lowest BCUT2D eigenvalue weighted by Crippen LogP contribution is -2.39. The normalized spacial score (nSPS) is 17.2. The smallest absolute Gasteiger partial charge is 0.306 e. The van der Waals surface area contributed by atoms with E-state index in [1.54, 1.807) is 7.11 Å². The first-order chi connectivity index (χ1) is 12.1. The number of nitrogens with zero attached hydrogens (tertiary/aromatic N) is 1. The zero-order valence-corrected chi connectivity index (χ0v) is 14.8. The molecule has 1 aliphatic heterocycles. The number of rotatable bonds is 5. The van der Waals surface area contributed by atoms with E-state index in [9.17, 15) is 9.90 Å². The summed E-state index contributed by atoms with van der Waals surface area (Å²) in [7, 11) is 1.68. The van der Waals surface area contributed by atoms with Crippen LogP contribution < -0.4 is 4.74 Å². The van der Waals surface area contributed by atoms with Crippen LogP contribution in [0.1, 0.15) is 35.6 Å². The first-order valence-corrected chi connectivity index (χ1v) is 8.76. The Hall–Kier alpha value is -2.33. The van der Waals surface area contributed by atoms with Gasteiger partial charge in [0.05, 0.1) is 19.1 Å². The number of aliphatic carboxylic acids is 1. The Bertz CT molecular complexity index is 735. The molecule has 0 bridgehead atoms. The van der Waals surface area contributed by atoms with Crippen molar-refractivity contribution in [3.8, 4) is 5.75 Å². The van der Waals surface area contributed by atoms with E-state index in [1.165, 1.54) is 16.7 Å². The van der Waals surface area contributed by atoms with E-state index in [0.717, 1.165) is 18.8 Å². The molecule has 1 atom stereocenters. The van der Waals surface area contributed by atoms with Gasteiger partial charge in [-0.3, -0.25) is 9.69 Å². The molecule has 1 saturated heterocycles. The fourth-order valence-corrected chi connectivity index (χ4v) is 3.67. The van der Waals surface area contributed by atoms with Gasteiger partial charge in [0.15, 0.2) is 0 Å². The van der Waals surface area contributed by atoms with E-state index >= 15 is 0 Å². The topological polar surface area (TPSA) is 49.8 Å². The summed E-state index contributed by atoms with van der Waals surface area (Å²) in [4.78, 5) is 13.7. The van der Waals surface area contributed by atoms with Crippen LogP contribution in [0, 0.1) is 12.8 Å². The summed E-state index contributed by atoms with van der Waals surface area (Å²) in [5.41, 5.74) is 3.64. The van der Waals surface area contributed by atoms with Gasteiger partial charge in [0.25, 0.3) is 0 Å². The summed E-state index contributed by atoms with van der Waals surface area (Å²) in [5.74, 6) is -0.0524. The van der Waals surface area contributed by atoms with Gasteiger partial charge in [0, 0.05) is 0 Å². The minimum atomic E-state index is -0.673. The number of likely N-dealkylation sites (tertiary alicyclic amines) is 1. The number of carboxylic acid groups (broad SMARTS) is 1. The van der Waals surface area contributed by atoms with Crippen molar-refractivity contribution in [3.05, 3.63) is 65.2 Å². The van der Waals surface area contributed by atoms with Crippen molar-refractivity contribution in [1.29, 1.82) is 0 Å². The molecule has 25 heavy (non-hydrogen) atoms. The van der Waals surface area contributed by atoms with Crippen LogP contribution in [0.2, 0.25) is 0 Å². The van der Waals surface area contributed by atoms with Crippen molar-refractivity contribution < 1.29 is 14.6 Å². The van der Waals surface area contributed by atoms with E-state index in [-0.39, 0.29) is 12.0 Å². The third kappa shape index (κ3) is 4.02. The van der Waals surface area contributed by atoms with Gasteiger partial charge < -0.3 is 9.84 Å². The molecule has 132 valence electrons. The summed E-state index contributed by atoms with van der Waals surface area (Å²) in [6.45, 7) is 3.67. The molecule has 2 aromatic rings. The van der Waals surface area contributed by atoms with Crippen molar-refractivity contribution >= 4 is 5.97 Å². The monoisotopic (exact) mass is 339 g/mol. The Morgan fingerprint density at radius 1 is 1.12 bits per heavy atom. The van der Waals surface area contributed by atoms with E-state index in [2.05, 4.69) is 48.2 Å². The summed E-state index contributed by atoms with van der Waals surface area (Å²) in [5, 5.41) is 9.27. The van der Waals surface area contributed by atoms with Crippen LogP contribution in [0.5, 0.6) is 5.75 Å². The van der Waals surface area contributed by atoms with E-state index in [4.69, 9.17) is 4.74 Å². The van der Waals surface area contributed by atoms with Gasteiger partial charge in [0.1, 0.15) is 5.75 Å². The van der Waals surface area contributed by atoms with Crippen molar-refractivity contribution in [1.82, 2.24) is 4.90 Å². The van der Waals surface area contributed by atoms with Gasteiger partial charge in [-0.1, -0.05) is 42.0 Å². The molecule has 0 amide bonds. The van der Waals surface area contributed by atoms with E-state index < -0.39 is 5.97 Å². The molecular formula is C21H25NO3. The number of methoxy groups -OCH3 is 1. The van der Waals surface area contributed by atoms with Crippen molar-refractivity contribution in [2.24, 2.45) is 5.92 Å². The number of benzene rings is 2. The predicted octanol–water partition coefficient (Wildman–Crippen LogP) is 3.89. The maximum atomic E-state index is 11.3. The second-order valence-electron chi connectivity index (χ2n) is 6.74. The maximum absolute atomic E-state index is 11.3. The molecule has 0 saturated carbocycles. The molecule has 4 heteroatoms. The number of aryl methyl sites for hydroxylation is 1. The molecule has 0 radical (unpaired) electrons. The van der Waals surface area contributed by atoms with Gasteiger partial charge in [-0.25, -0.2) is 0 Å². The average Bonchev–Trinajstić information content (AvgIpc) is 2.63. The fourth-order valence-electron chi connectivity index (χ4n) is 3.67. The molecule has 3 rings (SSSR count). The van der Waals surface area contributed by atoms with Crippen LogP contribution in [-0.2, 0) is 4.79 Å². The van der Waals surface area contributed by atoms with Gasteiger partial charge in [0.2, 0.25) is 0 Å². The summed E-state index contributed by atoms with van der Waals surface area (Å²) in [6, 6.07) is 16.8. The Labute approximate surface area is 149 Å². The van der Waals surface area contributed by atoms with Crippen molar-refractivity contribution in [2.45, 2.75) is 25.8 Å². The van der Waals surface area contributed by atoms with Crippen molar-refractivity contribution in [3.63, 3.8) is 0 Å². The number of ether oxygens (including phenoxy) is 1. The lowest BCUT2D eigenvalue weighted by Gasteiger charge is -2.37. The fraction of sp³-hybridized carbons (Fsp3) is 0.381. The van der Waals surface area contributed by atoms with Crippen LogP contribution in [0.4, 0.5) is 0 Å². The molecule has 0 aliphatic carbocycles. The molecule has 0 spiro atoms. The Kier molecular flexibility index (Phi) is 5.39. The zero-order valence-electron chi connectivity index (χ0n) is 14.8. The number of piperidine rings is 1. The highest BCUT2D eigenvalue weighted by Gasteiger charge is 2.30. The molecule has 2 aromatic carbocycles. The molecule has 1 aliphatic rings. The van der Waals surface area contributed by atoms with Crippen LogP contribution in [0.25, 0.3) is 0 Å². The molecule has 1 N–H and O–H groups in total. The van der Waals surface area contributed by atoms with Crippen molar-refractivity contribution in [2.75, 3.05) is 20.2 Å². The zero-order chi connectivity index (χ0) is 17.8. The second-order valence-corrected chi connectivity index (χ2v) is 6.74. The number of hydrogen-bond donors (Lipinski definition) is 1. The second kappa shape index (κ2) is 7.70. The van der Waals surface area contributed by atoms with E-state index in [0.29, 0.717) is 12.8 Å². The highest BCUT2D eigenvalue weighted by Crippen LogP contribution is 2.34.